The first-order chi connectivity index (χ1) is 9.52. The standard InChI is InChI=1S/C18H25NO/c1-5-19-17(13-14-9-8-12-20-14)15-10-6-7-11-16(15)18(2,3)4/h6-12,17,19H,5,13H2,1-4H3. The Hall–Kier alpha value is -1.54. The van der Waals surface area contributed by atoms with Gasteiger partial charge in [-0.25, -0.2) is 0 Å². The van der Waals surface area contributed by atoms with E-state index in [-0.39, 0.29) is 5.41 Å². The molecule has 0 radical (unpaired) electrons. The lowest BCUT2D eigenvalue weighted by Crippen LogP contribution is -2.26. The molecule has 0 saturated carbocycles. The van der Waals surface area contributed by atoms with Crippen LogP contribution in [0.15, 0.2) is 47.1 Å². The summed E-state index contributed by atoms with van der Waals surface area (Å²) in [5.74, 6) is 1.03. The Balaban J connectivity index is 2.34. The highest BCUT2D eigenvalue weighted by Gasteiger charge is 2.22. The summed E-state index contributed by atoms with van der Waals surface area (Å²) in [5, 5.41) is 3.59. The van der Waals surface area contributed by atoms with Crippen molar-refractivity contribution in [2.45, 2.75) is 45.6 Å². The molecule has 2 rings (SSSR count). The van der Waals surface area contributed by atoms with Gasteiger partial charge in [0.05, 0.1) is 6.26 Å². The Labute approximate surface area is 122 Å². The van der Waals surface area contributed by atoms with E-state index in [0.29, 0.717) is 6.04 Å². The van der Waals surface area contributed by atoms with Gasteiger partial charge in [-0.2, -0.15) is 0 Å². The topological polar surface area (TPSA) is 25.2 Å². The molecule has 2 nitrogen and oxygen atoms in total. The maximum atomic E-state index is 5.52. The zero-order chi connectivity index (χ0) is 14.6. The quantitative estimate of drug-likeness (QED) is 0.868. The average Bonchev–Trinajstić information content (AvgIpc) is 2.90. The third-order valence-corrected chi connectivity index (χ3v) is 3.58. The molecule has 0 bridgehead atoms. The highest BCUT2D eigenvalue weighted by Crippen LogP contribution is 2.31. The first-order valence-electron chi connectivity index (χ1n) is 7.37. The van der Waals surface area contributed by atoms with Crippen LogP contribution in [0.2, 0.25) is 0 Å². The fourth-order valence-corrected chi connectivity index (χ4v) is 2.65. The molecule has 1 aromatic heterocycles. The Kier molecular flexibility index (Phi) is 4.66. The molecule has 0 aliphatic heterocycles. The molecule has 1 N–H and O–H groups in total. The number of likely N-dealkylation sites (N-methyl/N-ethyl adjacent to an activating group) is 1. The maximum Gasteiger partial charge on any atom is 0.105 e. The lowest BCUT2D eigenvalue weighted by atomic mass is 9.81. The molecule has 20 heavy (non-hydrogen) atoms. The molecule has 0 aliphatic carbocycles. The van der Waals surface area contributed by atoms with Gasteiger partial charge in [-0.3, -0.25) is 0 Å². The number of nitrogens with one attached hydrogen (secondary N) is 1. The summed E-state index contributed by atoms with van der Waals surface area (Å²) < 4.78 is 5.52. The van der Waals surface area contributed by atoms with Gasteiger partial charge in [0.25, 0.3) is 0 Å². The number of benzene rings is 1. The molecule has 1 aromatic carbocycles. The minimum atomic E-state index is 0.146. The molecule has 0 fully saturated rings. The van der Waals surface area contributed by atoms with E-state index in [0.717, 1.165) is 18.7 Å². The van der Waals surface area contributed by atoms with Crippen LogP contribution in [0.25, 0.3) is 0 Å². The molecule has 1 unspecified atom stereocenters. The van der Waals surface area contributed by atoms with Gasteiger partial charge in [-0.1, -0.05) is 52.0 Å². The first-order valence-corrected chi connectivity index (χ1v) is 7.37. The van der Waals surface area contributed by atoms with Gasteiger partial charge in [0.2, 0.25) is 0 Å². The van der Waals surface area contributed by atoms with Crippen molar-refractivity contribution >= 4 is 0 Å². The van der Waals surface area contributed by atoms with Crippen molar-refractivity contribution in [2.24, 2.45) is 0 Å². The van der Waals surface area contributed by atoms with Crippen LogP contribution in [0.4, 0.5) is 0 Å². The maximum absolute atomic E-state index is 5.52. The van der Waals surface area contributed by atoms with Crippen LogP contribution in [0.1, 0.15) is 50.6 Å². The molecule has 0 amide bonds. The van der Waals surface area contributed by atoms with E-state index in [2.05, 4.69) is 57.3 Å². The van der Waals surface area contributed by atoms with Gasteiger partial charge in [0, 0.05) is 12.5 Å². The second-order valence-electron chi connectivity index (χ2n) is 6.23. The second-order valence-corrected chi connectivity index (χ2v) is 6.23. The van der Waals surface area contributed by atoms with Crippen molar-refractivity contribution < 1.29 is 4.42 Å². The molecule has 1 heterocycles. The minimum absolute atomic E-state index is 0.146. The third-order valence-electron chi connectivity index (χ3n) is 3.58. The summed E-state index contributed by atoms with van der Waals surface area (Å²) in [6, 6.07) is 13.0. The lowest BCUT2D eigenvalue weighted by Gasteiger charge is -2.27. The second kappa shape index (κ2) is 6.27. The normalized spacial score (nSPS) is 13.4. The van der Waals surface area contributed by atoms with Gasteiger partial charge in [-0.15, -0.1) is 0 Å². The monoisotopic (exact) mass is 271 g/mol. The fourth-order valence-electron chi connectivity index (χ4n) is 2.65. The Bertz CT molecular complexity index is 523. The third kappa shape index (κ3) is 3.51. The molecule has 2 aromatic rings. The Morgan fingerprint density at radius 1 is 1.10 bits per heavy atom. The zero-order valence-corrected chi connectivity index (χ0v) is 12.9. The van der Waals surface area contributed by atoms with Crippen molar-refractivity contribution in [2.75, 3.05) is 6.54 Å². The van der Waals surface area contributed by atoms with Crippen molar-refractivity contribution in [3.8, 4) is 0 Å². The summed E-state index contributed by atoms with van der Waals surface area (Å²) in [7, 11) is 0. The molecule has 0 spiro atoms. The van der Waals surface area contributed by atoms with Gasteiger partial charge in [0.1, 0.15) is 5.76 Å². The largest absolute Gasteiger partial charge is 0.469 e. The summed E-state index contributed by atoms with van der Waals surface area (Å²) in [6.07, 6.45) is 2.63. The average molecular weight is 271 g/mol. The van der Waals surface area contributed by atoms with E-state index < -0.39 is 0 Å². The van der Waals surface area contributed by atoms with E-state index in [4.69, 9.17) is 4.42 Å². The van der Waals surface area contributed by atoms with Crippen LogP contribution in [-0.4, -0.2) is 6.54 Å². The van der Waals surface area contributed by atoms with E-state index in [1.807, 2.05) is 12.1 Å². The van der Waals surface area contributed by atoms with Crippen LogP contribution < -0.4 is 5.32 Å². The minimum Gasteiger partial charge on any atom is -0.469 e. The summed E-state index contributed by atoms with van der Waals surface area (Å²) >= 11 is 0. The molecular weight excluding hydrogens is 246 g/mol. The fraction of sp³-hybridized carbons (Fsp3) is 0.444. The number of furan rings is 1. The van der Waals surface area contributed by atoms with E-state index in [9.17, 15) is 0 Å². The number of rotatable bonds is 5. The molecule has 0 aliphatic rings. The van der Waals surface area contributed by atoms with Crippen LogP contribution in [0.5, 0.6) is 0 Å². The summed E-state index contributed by atoms with van der Waals surface area (Å²) in [6.45, 7) is 9.89. The molecule has 108 valence electrons. The highest BCUT2D eigenvalue weighted by atomic mass is 16.3. The van der Waals surface area contributed by atoms with Crippen LogP contribution in [0, 0.1) is 0 Å². The Morgan fingerprint density at radius 2 is 1.85 bits per heavy atom. The van der Waals surface area contributed by atoms with Gasteiger partial charge in [0.15, 0.2) is 0 Å². The van der Waals surface area contributed by atoms with Gasteiger partial charge < -0.3 is 9.73 Å². The van der Waals surface area contributed by atoms with E-state index in [1.54, 1.807) is 6.26 Å². The van der Waals surface area contributed by atoms with Crippen molar-refractivity contribution in [3.05, 3.63) is 59.5 Å². The molecule has 0 saturated heterocycles. The predicted octanol–water partition coefficient (Wildman–Crippen LogP) is 4.47. The van der Waals surface area contributed by atoms with Crippen molar-refractivity contribution in [3.63, 3.8) is 0 Å². The smallest absolute Gasteiger partial charge is 0.105 e. The van der Waals surface area contributed by atoms with Crippen molar-refractivity contribution in [1.29, 1.82) is 0 Å². The summed E-state index contributed by atoms with van der Waals surface area (Å²) in [4.78, 5) is 0. The molecule has 1 atom stereocenters. The molecular formula is C18H25NO. The number of hydrogen-bond donors (Lipinski definition) is 1. The van der Waals surface area contributed by atoms with Crippen LogP contribution in [-0.2, 0) is 11.8 Å². The zero-order valence-electron chi connectivity index (χ0n) is 12.9. The van der Waals surface area contributed by atoms with Crippen molar-refractivity contribution in [1.82, 2.24) is 5.32 Å². The summed E-state index contributed by atoms with van der Waals surface area (Å²) in [5.41, 5.74) is 2.92. The van der Waals surface area contributed by atoms with Gasteiger partial charge >= 0.3 is 0 Å². The van der Waals surface area contributed by atoms with E-state index in [1.165, 1.54) is 11.1 Å². The predicted molar refractivity (Wildman–Crippen MR) is 84.0 cm³/mol. The molecule has 2 heteroatoms. The Morgan fingerprint density at radius 3 is 2.45 bits per heavy atom. The number of hydrogen-bond acceptors (Lipinski definition) is 2. The SMILES string of the molecule is CCNC(Cc1ccco1)c1ccccc1C(C)(C)C. The van der Waals surface area contributed by atoms with Crippen LogP contribution in [0.3, 0.4) is 0 Å². The highest BCUT2D eigenvalue weighted by molar-refractivity contribution is 5.35. The van der Waals surface area contributed by atoms with Crippen LogP contribution >= 0.6 is 0 Å². The lowest BCUT2D eigenvalue weighted by molar-refractivity contribution is 0.448. The first kappa shape index (κ1) is 14.9. The van der Waals surface area contributed by atoms with Gasteiger partial charge in [-0.05, 0) is 35.2 Å². The van der Waals surface area contributed by atoms with E-state index >= 15 is 0 Å².